The molecule has 8 heteroatoms. The zero-order valence-corrected chi connectivity index (χ0v) is 18.8. The monoisotopic (exact) mass is 487 g/mol. The van der Waals surface area contributed by atoms with Gasteiger partial charge in [0.05, 0.1) is 21.6 Å². The number of hydrogen-bond donors (Lipinski definition) is 1. The Labute approximate surface area is 198 Å². The molecule has 4 aromatic rings. The lowest BCUT2D eigenvalue weighted by molar-refractivity contribution is 0.306. The Morgan fingerprint density at radius 1 is 1.00 bits per heavy atom. The molecule has 1 N–H and O–H groups in total. The second-order valence-electron chi connectivity index (χ2n) is 6.60. The van der Waals surface area contributed by atoms with Crippen molar-refractivity contribution >= 4 is 69.1 Å². The summed E-state index contributed by atoms with van der Waals surface area (Å²) in [7, 11) is 0. The zero-order valence-electron chi connectivity index (χ0n) is 15.8. The van der Waals surface area contributed by atoms with Gasteiger partial charge in [-0.05, 0) is 42.5 Å². The van der Waals surface area contributed by atoms with E-state index in [1.54, 1.807) is 36.4 Å². The van der Waals surface area contributed by atoms with Crippen molar-refractivity contribution < 1.29 is 4.74 Å². The zero-order chi connectivity index (χ0) is 22.0. The van der Waals surface area contributed by atoms with Gasteiger partial charge in [0.25, 0.3) is 0 Å². The molecule has 0 atom stereocenters. The third kappa shape index (κ3) is 4.81. The molecule has 0 radical (unpaired) electrons. The third-order valence-corrected chi connectivity index (χ3v) is 5.57. The number of rotatable bonds is 5. The van der Waals surface area contributed by atoms with Crippen molar-refractivity contribution in [1.29, 1.82) is 5.26 Å². The summed E-state index contributed by atoms with van der Waals surface area (Å²) in [6.07, 6.45) is 1.63. The molecule has 154 valence electrons. The fraction of sp³-hybridized carbons (Fsp3) is 0.0435. The first-order valence-electron chi connectivity index (χ1n) is 9.07. The first kappa shape index (κ1) is 21.5. The summed E-state index contributed by atoms with van der Waals surface area (Å²) in [6.45, 7) is 0.157. The Bertz CT molecular complexity index is 1320. The van der Waals surface area contributed by atoms with Gasteiger partial charge >= 0.3 is 0 Å². The van der Waals surface area contributed by atoms with Crippen LogP contribution < -0.4 is 4.74 Å². The van der Waals surface area contributed by atoms with Crippen LogP contribution in [0.3, 0.4) is 0 Å². The summed E-state index contributed by atoms with van der Waals surface area (Å²) in [5, 5.41) is 11.5. The molecular formula is C23H13Cl4N3O. The van der Waals surface area contributed by atoms with Gasteiger partial charge in [-0.15, -0.1) is 0 Å². The molecule has 0 saturated carbocycles. The number of aromatic nitrogens is 2. The van der Waals surface area contributed by atoms with E-state index >= 15 is 0 Å². The molecule has 0 bridgehead atoms. The summed E-state index contributed by atoms with van der Waals surface area (Å²) >= 11 is 24.8. The van der Waals surface area contributed by atoms with Gasteiger partial charge in [-0.25, -0.2) is 4.98 Å². The average Bonchev–Trinajstić information content (AvgIpc) is 3.16. The number of aromatic amines is 1. The second kappa shape index (κ2) is 9.21. The standard InChI is InChI=1S/C23H13Cl4N3O/c24-16-6-5-13(18(26)9-16)12-31-22-14(8-17(25)10-19(22)27)7-15(11-28)23-29-20-3-1-2-4-21(20)30-23/h1-10H,12H2,(H,29,30)/b15-7+. The van der Waals surface area contributed by atoms with Gasteiger partial charge in [0.15, 0.2) is 0 Å². The average molecular weight is 489 g/mol. The van der Waals surface area contributed by atoms with Gasteiger partial charge < -0.3 is 9.72 Å². The highest BCUT2D eigenvalue weighted by Crippen LogP contribution is 2.36. The highest BCUT2D eigenvalue weighted by atomic mass is 35.5. The number of nitriles is 1. The number of imidazole rings is 1. The largest absolute Gasteiger partial charge is 0.487 e. The highest BCUT2D eigenvalue weighted by molar-refractivity contribution is 6.36. The number of halogens is 4. The minimum absolute atomic E-state index is 0.157. The highest BCUT2D eigenvalue weighted by Gasteiger charge is 2.14. The number of fused-ring (bicyclic) bond motifs is 1. The molecule has 0 fully saturated rings. The molecule has 1 aromatic heterocycles. The molecule has 0 aliphatic heterocycles. The number of H-pyrrole nitrogens is 1. The molecule has 0 saturated heterocycles. The van der Waals surface area contributed by atoms with Crippen LogP contribution >= 0.6 is 46.4 Å². The van der Waals surface area contributed by atoms with Crippen LogP contribution in [0.1, 0.15) is 17.0 Å². The van der Waals surface area contributed by atoms with E-state index in [4.69, 9.17) is 51.1 Å². The van der Waals surface area contributed by atoms with Gasteiger partial charge in [0, 0.05) is 26.2 Å². The van der Waals surface area contributed by atoms with Crippen molar-refractivity contribution in [2.75, 3.05) is 0 Å². The molecule has 1 heterocycles. The molecule has 4 rings (SSSR count). The second-order valence-corrected chi connectivity index (χ2v) is 8.29. The maximum absolute atomic E-state index is 9.75. The third-order valence-electron chi connectivity index (χ3n) is 4.49. The first-order valence-corrected chi connectivity index (χ1v) is 10.6. The Kier molecular flexibility index (Phi) is 6.41. The molecule has 0 amide bonds. The number of allylic oxidation sites excluding steroid dienone is 1. The van der Waals surface area contributed by atoms with Gasteiger partial charge in [0.2, 0.25) is 0 Å². The number of nitrogens with zero attached hydrogens (tertiary/aromatic N) is 2. The quantitative estimate of drug-likeness (QED) is 0.291. The fourth-order valence-corrected chi connectivity index (χ4v) is 4.04. The van der Waals surface area contributed by atoms with E-state index in [2.05, 4.69) is 16.0 Å². The summed E-state index contributed by atoms with van der Waals surface area (Å²) in [5.74, 6) is 0.812. The predicted octanol–water partition coefficient (Wildman–Crippen LogP) is 7.82. The molecular weight excluding hydrogens is 476 g/mol. The van der Waals surface area contributed by atoms with Crippen molar-refractivity contribution in [2.24, 2.45) is 0 Å². The number of hydrogen-bond acceptors (Lipinski definition) is 3. The van der Waals surface area contributed by atoms with Crippen molar-refractivity contribution in [3.05, 3.63) is 91.6 Å². The molecule has 0 unspecified atom stereocenters. The molecule has 0 spiro atoms. The van der Waals surface area contributed by atoms with Gasteiger partial charge in [-0.2, -0.15) is 5.26 Å². The van der Waals surface area contributed by atoms with E-state index in [1.165, 1.54) is 0 Å². The molecule has 31 heavy (non-hydrogen) atoms. The topological polar surface area (TPSA) is 61.7 Å². The summed E-state index contributed by atoms with van der Waals surface area (Å²) in [6, 6.07) is 18.1. The first-order chi connectivity index (χ1) is 14.9. The van der Waals surface area contributed by atoms with E-state index in [0.29, 0.717) is 42.8 Å². The number of benzene rings is 3. The van der Waals surface area contributed by atoms with E-state index in [1.807, 2.05) is 24.3 Å². The Hall–Kier alpha value is -2.68. The van der Waals surface area contributed by atoms with Crippen LogP contribution in [-0.4, -0.2) is 9.97 Å². The number of ether oxygens (including phenoxy) is 1. The summed E-state index contributed by atoms with van der Waals surface area (Å²) in [4.78, 5) is 7.63. The summed E-state index contributed by atoms with van der Waals surface area (Å²) in [5.41, 5.74) is 3.18. The molecule has 0 aliphatic carbocycles. The van der Waals surface area contributed by atoms with Crippen LogP contribution in [0.4, 0.5) is 0 Å². The van der Waals surface area contributed by atoms with Crippen molar-refractivity contribution in [3.63, 3.8) is 0 Å². The molecule has 3 aromatic carbocycles. The van der Waals surface area contributed by atoms with Crippen molar-refractivity contribution in [1.82, 2.24) is 9.97 Å². The number of nitrogens with one attached hydrogen (secondary N) is 1. The fourth-order valence-electron chi connectivity index (χ4n) is 3.02. The number of para-hydroxylation sites is 2. The van der Waals surface area contributed by atoms with Crippen molar-refractivity contribution in [2.45, 2.75) is 6.61 Å². The van der Waals surface area contributed by atoms with E-state index in [9.17, 15) is 5.26 Å². The van der Waals surface area contributed by atoms with Crippen LogP contribution in [0.5, 0.6) is 5.75 Å². The van der Waals surface area contributed by atoms with Gasteiger partial charge in [0.1, 0.15) is 24.3 Å². The normalized spacial score (nSPS) is 11.5. The molecule has 0 aliphatic rings. The SMILES string of the molecule is N#C/C(=C\c1cc(Cl)cc(Cl)c1OCc1ccc(Cl)cc1Cl)c1nc2ccccc2[nH]1. The minimum Gasteiger partial charge on any atom is -0.487 e. The van der Waals surface area contributed by atoms with Crippen molar-refractivity contribution in [3.8, 4) is 11.8 Å². The van der Waals surface area contributed by atoms with E-state index in [-0.39, 0.29) is 6.61 Å². The van der Waals surface area contributed by atoms with Crippen LogP contribution in [0.25, 0.3) is 22.7 Å². The Morgan fingerprint density at radius 2 is 1.77 bits per heavy atom. The van der Waals surface area contributed by atoms with Crippen LogP contribution in [0.2, 0.25) is 20.1 Å². The predicted molar refractivity (Wildman–Crippen MR) is 127 cm³/mol. The van der Waals surface area contributed by atoms with Crippen LogP contribution in [-0.2, 0) is 6.61 Å². The smallest absolute Gasteiger partial charge is 0.149 e. The van der Waals surface area contributed by atoms with Crippen LogP contribution in [0.15, 0.2) is 54.6 Å². The lowest BCUT2D eigenvalue weighted by Gasteiger charge is -2.13. The Balaban J connectivity index is 1.72. The maximum atomic E-state index is 9.75. The van der Waals surface area contributed by atoms with Crippen LogP contribution in [0, 0.1) is 11.3 Å². The minimum atomic E-state index is 0.157. The molecule has 4 nitrogen and oxygen atoms in total. The summed E-state index contributed by atoms with van der Waals surface area (Å²) < 4.78 is 5.97. The maximum Gasteiger partial charge on any atom is 0.149 e. The van der Waals surface area contributed by atoms with E-state index in [0.717, 1.165) is 16.6 Å². The Morgan fingerprint density at radius 3 is 2.52 bits per heavy atom. The lowest BCUT2D eigenvalue weighted by atomic mass is 10.1. The van der Waals surface area contributed by atoms with E-state index < -0.39 is 0 Å². The van der Waals surface area contributed by atoms with Gasteiger partial charge in [-0.3, -0.25) is 0 Å². The lowest BCUT2D eigenvalue weighted by Crippen LogP contribution is -1.99. The van der Waals surface area contributed by atoms with Gasteiger partial charge in [-0.1, -0.05) is 64.6 Å².